The summed E-state index contributed by atoms with van der Waals surface area (Å²) in [6.45, 7) is 5.23. The molecule has 92 valence electrons. The first kappa shape index (κ1) is 13.2. The van der Waals surface area contributed by atoms with Gasteiger partial charge >= 0.3 is 0 Å². The Morgan fingerprint density at radius 3 is 2.69 bits per heavy atom. The molecule has 0 bridgehead atoms. The van der Waals surface area contributed by atoms with E-state index in [0.717, 1.165) is 6.54 Å². The van der Waals surface area contributed by atoms with Crippen molar-refractivity contribution in [2.45, 2.75) is 31.7 Å². The average molecular weight is 226 g/mol. The van der Waals surface area contributed by atoms with Crippen LogP contribution in [0.5, 0.6) is 0 Å². The molecule has 0 saturated heterocycles. The van der Waals surface area contributed by atoms with Gasteiger partial charge in [0.1, 0.15) is 0 Å². The predicted molar refractivity (Wildman–Crippen MR) is 64.4 cm³/mol. The summed E-state index contributed by atoms with van der Waals surface area (Å²) in [4.78, 5) is 3.05. The fourth-order valence-electron chi connectivity index (χ4n) is 1.66. The number of aliphatic hydroxyl groups excluding tert-OH is 2. The number of hydrogen-bond donors (Lipinski definition) is 4. The fourth-order valence-corrected chi connectivity index (χ4v) is 1.66. The molecule has 0 spiro atoms. The van der Waals surface area contributed by atoms with Gasteiger partial charge in [-0.15, -0.1) is 0 Å². The van der Waals surface area contributed by atoms with Gasteiger partial charge in [0.15, 0.2) is 0 Å². The average Bonchev–Trinajstić information content (AvgIpc) is 2.78. The van der Waals surface area contributed by atoms with Gasteiger partial charge in [-0.25, -0.2) is 0 Å². The van der Waals surface area contributed by atoms with Crippen molar-refractivity contribution in [2.75, 3.05) is 19.8 Å². The highest BCUT2D eigenvalue weighted by molar-refractivity contribution is 5.20. The van der Waals surface area contributed by atoms with Crippen molar-refractivity contribution >= 4 is 0 Å². The number of aromatic amines is 1. The third-order valence-corrected chi connectivity index (χ3v) is 2.91. The van der Waals surface area contributed by atoms with Gasteiger partial charge in [0.05, 0.1) is 6.61 Å². The summed E-state index contributed by atoms with van der Waals surface area (Å²) < 4.78 is 0. The molecule has 1 atom stereocenters. The summed E-state index contributed by atoms with van der Waals surface area (Å²) in [5.74, 6) is 0. The molecular weight excluding hydrogens is 204 g/mol. The van der Waals surface area contributed by atoms with Crippen LogP contribution in [0.2, 0.25) is 0 Å². The molecule has 0 aliphatic rings. The highest BCUT2D eigenvalue weighted by Gasteiger charge is 2.21. The lowest BCUT2D eigenvalue weighted by molar-refractivity contribution is 0.195. The van der Waals surface area contributed by atoms with Gasteiger partial charge in [0.25, 0.3) is 0 Å². The van der Waals surface area contributed by atoms with E-state index in [1.807, 2.05) is 12.4 Å². The van der Waals surface area contributed by atoms with E-state index in [4.69, 9.17) is 10.2 Å². The molecular formula is C12H22N2O2. The van der Waals surface area contributed by atoms with E-state index in [9.17, 15) is 0 Å². The van der Waals surface area contributed by atoms with E-state index in [1.54, 1.807) is 0 Å². The maximum Gasteiger partial charge on any atom is 0.0585 e. The van der Waals surface area contributed by atoms with E-state index < -0.39 is 0 Å². The summed E-state index contributed by atoms with van der Waals surface area (Å²) in [5.41, 5.74) is 1.25. The number of H-pyrrole nitrogens is 1. The SMILES string of the molecule is CC(C)(CNC(CO)CCO)c1cc[nH]c1. The molecule has 4 heteroatoms. The minimum absolute atomic E-state index is 0.0167. The van der Waals surface area contributed by atoms with Crippen molar-refractivity contribution in [3.05, 3.63) is 24.0 Å². The molecule has 0 aliphatic carbocycles. The minimum Gasteiger partial charge on any atom is -0.396 e. The zero-order valence-corrected chi connectivity index (χ0v) is 10.0. The van der Waals surface area contributed by atoms with Crippen LogP contribution in [0.4, 0.5) is 0 Å². The standard InChI is InChI=1S/C12H22N2O2/c1-12(2,10-3-5-13-7-10)9-14-11(8-16)4-6-15/h3,5,7,11,13-16H,4,6,8-9H2,1-2H3. The van der Waals surface area contributed by atoms with Crippen LogP contribution in [0.3, 0.4) is 0 Å². The Kier molecular flexibility index (Phi) is 4.99. The first-order chi connectivity index (χ1) is 7.60. The topological polar surface area (TPSA) is 68.3 Å². The second-order valence-corrected chi connectivity index (χ2v) is 4.76. The Balaban J connectivity index is 2.47. The Morgan fingerprint density at radius 2 is 2.19 bits per heavy atom. The summed E-state index contributed by atoms with van der Waals surface area (Å²) in [6, 6.07) is 2.03. The molecule has 1 aromatic rings. The number of hydrogen-bond acceptors (Lipinski definition) is 3. The smallest absolute Gasteiger partial charge is 0.0585 e. The van der Waals surface area contributed by atoms with E-state index in [-0.39, 0.29) is 24.7 Å². The normalized spacial score (nSPS) is 14.0. The molecule has 0 aliphatic heterocycles. The lowest BCUT2D eigenvalue weighted by Crippen LogP contribution is -2.41. The maximum absolute atomic E-state index is 9.10. The van der Waals surface area contributed by atoms with E-state index in [1.165, 1.54) is 5.56 Å². The molecule has 1 heterocycles. The summed E-state index contributed by atoms with van der Waals surface area (Å²) in [5, 5.41) is 21.2. The van der Waals surface area contributed by atoms with Gasteiger partial charge < -0.3 is 20.5 Å². The monoisotopic (exact) mass is 226 g/mol. The lowest BCUT2D eigenvalue weighted by atomic mass is 9.86. The Bertz CT molecular complexity index is 283. The van der Waals surface area contributed by atoms with Crippen molar-refractivity contribution in [1.29, 1.82) is 0 Å². The molecule has 0 radical (unpaired) electrons. The predicted octanol–water partition coefficient (Wildman–Crippen LogP) is 0.625. The fraction of sp³-hybridized carbons (Fsp3) is 0.667. The van der Waals surface area contributed by atoms with Crippen LogP contribution in [-0.2, 0) is 5.41 Å². The maximum atomic E-state index is 9.10. The molecule has 1 unspecified atom stereocenters. The van der Waals surface area contributed by atoms with Crippen molar-refractivity contribution in [1.82, 2.24) is 10.3 Å². The highest BCUT2D eigenvalue weighted by Crippen LogP contribution is 2.21. The molecule has 1 rings (SSSR count). The molecule has 16 heavy (non-hydrogen) atoms. The minimum atomic E-state index is -0.0248. The number of rotatable bonds is 7. The Labute approximate surface area is 96.7 Å². The summed E-state index contributed by atoms with van der Waals surface area (Å²) in [6.07, 6.45) is 4.48. The number of nitrogens with one attached hydrogen (secondary N) is 2. The van der Waals surface area contributed by atoms with Gasteiger partial charge in [-0.3, -0.25) is 0 Å². The van der Waals surface area contributed by atoms with E-state index >= 15 is 0 Å². The Morgan fingerprint density at radius 1 is 1.44 bits per heavy atom. The second kappa shape index (κ2) is 6.03. The zero-order valence-electron chi connectivity index (χ0n) is 10.0. The molecule has 1 aromatic heterocycles. The Hall–Kier alpha value is -0.840. The summed E-state index contributed by atoms with van der Waals surface area (Å²) in [7, 11) is 0. The van der Waals surface area contributed by atoms with Crippen molar-refractivity contribution in [2.24, 2.45) is 0 Å². The van der Waals surface area contributed by atoms with Crippen LogP contribution in [0.25, 0.3) is 0 Å². The third kappa shape index (κ3) is 3.63. The highest BCUT2D eigenvalue weighted by atomic mass is 16.3. The molecule has 4 N–H and O–H groups in total. The van der Waals surface area contributed by atoms with Crippen molar-refractivity contribution in [3.8, 4) is 0 Å². The van der Waals surface area contributed by atoms with Crippen molar-refractivity contribution in [3.63, 3.8) is 0 Å². The first-order valence-corrected chi connectivity index (χ1v) is 5.68. The quantitative estimate of drug-likeness (QED) is 0.551. The van der Waals surface area contributed by atoms with Crippen LogP contribution in [0, 0.1) is 0 Å². The van der Waals surface area contributed by atoms with E-state index in [0.29, 0.717) is 6.42 Å². The van der Waals surface area contributed by atoms with Crippen LogP contribution < -0.4 is 5.32 Å². The van der Waals surface area contributed by atoms with Crippen LogP contribution in [0.1, 0.15) is 25.8 Å². The molecule has 0 aromatic carbocycles. The van der Waals surface area contributed by atoms with Crippen LogP contribution in [-0.4, -0.2) is 41.0 Å². The molecule has 0 fully saturated rings. The molecule has 0 amide bonds. The first-order valence-electron chi connectivity index (χ1n) is 5.68. The van der Waals surface area contributed by atoms with Gasteiger partial charge in [0, 0.05) is 37.0 Å². The number of aromatic nitrogens is 1. The molecule has 0 saturated carbocycles. The van der Waals surface area contributed by atoms with Crippen LogP contribution >= 0.6 is 0 Å². The third-order valence-electron chi connectivity index (χ3n) is 2.91. The number of aliphatic hydroxyl groups is 2. The van der Waals surface area contributed by atoms with Gasteiger partial charge in [-0.1, -0.05) is 13.8 Å². The largest absolute Gasteiger partial charge is 0.396 e. The van der Waals surface area contributed by atoms with Gasteiger partial charge in [-0.2, -0.15) is 0 Å². The van der Waals surface area contributed by atoms with Crippen LogP contribution in [0.15, 0.2) is 18.5 Å². The zero-order chi connectivity index (χ0) is 12.0. The van der Waals surface area contributed by atoms with Gasteiger partial charge in [0.2, 0.25) is 0 Å². The van der Waals surface area contributed by atoms with E-state index in [2.05, 4.69) is 30.2 Å². The summed E-state index contributed by atoms with van der Waals surface area (Å²) >= 11 is 0. The second-order valence-electron chi connectivity index (χ2n) is 4.76. The van der Waals surface area contributed by atoms with Gasteiger partial charge in [-0.05, 0) is 18.1 Å². The van der Waals surface area contributed by atoms with Crippen molar-refractivity contribution < 1.29 is 10.2 Å². The molecule has 4 nitrogen and oxygen atoms in total. The lowest BCUT2D eigenvalue weighted by Gasteiger charge is -2.27.